The maximum absolute atomic E-state index is 6.52. The lowest BCUT2D eigenvalue weighted by atomic mass is 10.1. The first kappa shape index (κ1) is 19.2. The number of fused-ring (bicyclic) bond motifs is 1. The summed E-state index contributed by atoms with van der Waals surface area (Å²) >= 11 is 6.52. The van der Waals surface area contributed by atoms with E-state index in [1.807, 2.05) is 85.8 Å². The SMILES string of the molecule is Cc1ccccc1Nc1noc2c(Nc3cccc(-c4ccccn4)c3)c(Cl)ccc12. The summed E-state index contributed by atoms with van der Waals surface area (Å²) in [4.78, 5) is 4.42. The fourth-order valence-corrected chi connectivity index (χ4v) is 3.66. The summed E-state index contributed by atoms with van der Waals surface area (Å²) in [6.07, 6.45) is 1.78. The van der Waals surface area contributed by atoms with Gasteiger partial charge in [-0.05, 0) is 55.0 Å². The molecule has 0 fully saturated rings. The molecule has 0 bridgehead atoms. The molecule has 2 aromatic heterocycles. The van der Waals surface area contributed by atoms with Gasteiger partial charge in [-0.15, -0.1) is 0 Å². The van der Waals surface area contributed by atoms with Gasteiger partial charge in [0.2, 0.25) is 0 Å². The van der Waals surface area contributed by atoms with Crippen LogP contribution in [-0.4, -0.2) is 10.1 Å². The second-order valence-corrected chi connectivity index (χ2v) is 7.60. The molecule has 31 heavy (non-hydrogen) atoms. The minimum absolute atomic E-state index is 0.550. The summed E-state index contributed by atoms with van der Waals surface area (Å²) in [5.41, 5.74) is 6.15. The molecule has 0 amide bonds. The summed E-state index contributed by atoms with van der Waals surface area (Å²) < 4.78 is 5.69. The smallest absolute Gasteiger partial charge is 0.194 e. The van der Waals surface area contributed by atoms with Crippen LogP contribution in [0.1, 0.15) is 5.56 Å². The zero-order chi connectivity index (χ0) is 21.2. The first-order valence-electron chi connectivity index (χ1n) is 9.88. The molecule has 0 unspecified atom stereocenters. The third-order valence-electron chi connectivity index (χ3n) is 5.08. The average molecular weight is 427 g/mol. The molecule has 5 nitrogen and oxygen atoms in total. The molecule has 0 spiro atoms. The maximum Gasteiger partial charge on any atom is 0.194 e. The zero-order valence-electron chi connectivity index (χ0n) is 16.8. The highest BCUT2D eigenvalue weighted by atomic mass is 35.5. The molecule has 2 heterocycles. The van der Waals surface area contributed by atoms with Gasteiger partial charge in [0, 0.05) is 23.1 Å². The van der Waals surface area contributed by atoms with E-state index in [4.69, 9.17) is 16.1 Å². The van der Waals surface area contributed by atoms with E-state index < -0.39 is 0 Å². The van der Waals surface area contributed by atoms with Gasteiger partial charge in [0.15, 0.2) is 11.4 Å². The van der Waals surface area contributed by atoms with Crippen LogP contribution in [0, 0.1) is 6.92 Å². The van der Waals surface area contributed by atoms with Gasteiger partial charge in [-0.25, -0.2) is 0 Å². The molecule has 0 atom stereocenters. The minimum Gasteiger partial charge on any atom is -0.352 e. The van der Waals surface area contributed by atoms with Crippen LogP contribution in [0.5, 0.6) is 0 Å². The molecule has 2 N–H and O–H groups in total. The van der Waals surface area contributed by atoms with E-state index in [0.29, 0.717) is 22.1 Å². The minimum atomic E-state index is 0.550. The van der Waals surface area contributed by atoms with Crippen molar-refractivity contribution in [3.05, 3.63) is 95.6 Å². The van der Waals surface area contributed by atoms with E-state index in [1.165, 1.54) is 0 Å². The Morgan fingerprint density at radius 3 is 2.58 bits per heavy atom. The van der Waals surface area contributed by atoms with Gasteiger partial charge < -0.3 is 15.2 Å². The van der Waals surface area contributed by atoms with Gasteiger partial charge in [0.05, 0.1) is 16.1 Å². The number of aryl methyl sites for hydroxylation is 1. The van der Waals surface area contributed by atoms with Crippen LogP contribution in [0.4, 0.5) is 22.9 Å². The van der Waals surface area contributed by atoms with Crippen molar-refractivity contribution in [2.75, 3.05) is 10.6 Å². The first-order chi connectivity index (χ1) is 15.2. The highest BCUT2D eigenvalue weighted by Gasteiger charge is 2.16. The van der Waals surface area contributed by atoms with Crippen molar-refractivity contribution in [1.82, 2.24) is 10.1 Å². The van der Waals surface area contributed by atoms with Crippen LogP contribution in [0.15, 0.2) is 89.6 Å². The Kier molecular flexibility index (Phi) is 5.02. The lowest BCUT2D eigenvalue weighted by Crippen LogP contribution is -1.94. The van der Waals surface area contributed by atoms with E-state index in [0.717, 1.165) is 33.6 Å². The molecule has 0 aliphatic carbocycles. The Hall–Kier alpha value is -3.83. The second kappa shape index (κ2) is 8.13. The number of para-hydroxylation sites is 1. The number of benzene rings is 3. The fraction of sp³-hybridized carbons (Fsp3) is 0.0400. The van der Waals surface area contributed by atoms with Gasteiger partial charge in [0.1, 0.15) is 5.69 Å². The van der Waals surface area contributed by atoms with Crippen molar-refractivity contribution >= 4 is 45.5 Å². The van der Waals surface area contributed by atoms with Crippen molar-refractivity contribution in [2.45, 2.75) is 6.92 Å². The predicted octanol–water partition coefficient (Wildman–Crippen LogP) is 7.34. The molecule has 5 aromatic rings. The topological polar surface area (TPSA) is 63.0 Å². The van der Waals surface area contributed by atoms with E-state index in [2.05, 4.69) is 20.8 Å². The zero-order valence-corrected chi connectivity index (χ0v) is 17.5. The van der Waals surface area contributed by atoms with Crippen molar-refractivity contribution in [1.29, 1.82) is 0 Å². The van der Waals surface area contributed by atoms with Gasteiger partial charge >= 0.3 is 0 Å². The molecule has 0 saturated carbocycles. The lowest BCUT2D eigenvalue weighted by Gasteiger charge is -2.10. The van der Waals surface area contributed by atoms with E-state index >= 15 is 0 Å². The Labute approximate surface area is 184 Å². The molecule has 152 valence electrons. The van der Waals surface area contributed by atoms with Crippen molar-refractivity contribution in [3.8, 4) is 11.3 Å². The summed E-state index contributed by atoms with van der Waals surface area (Å²) in [7, 11) is 0. The van der Waals surface area contributed by atoms with Gasteiger partial charge in [-0.3, -0.25) is 4.98 Å². The lowest BCUT2D eigenvalue weighted by molar-refractivity contribution is 0.461. The van der Waals surface area contributed by atoms with Crippen molar-refractivity contribution in [3.63, 3.8) is 0 Å². The normalized spacial score (nSPS) is 10.9. The molecule has 0 aliphatic rings. The van der Waals surface area contributed by atoms with Crippen LogP contribution in [0.3, 0.4) is 0 Å². The number of hydrogen-bond acceptors (Lipinski definition) is 5. The molecule has 5 rings (SSSR count). The molecule has 3 aromatic carbocycles. The number of pyridine rings is 1. The molecular weight excluding hydrogens is 408 g/mol. The number of halogens is 1. The summed E-state index contributed by atoms with van der Waals surface area (Å²) in [5.74, 6) is 0.645. The highest BCUT2D eigenvalue weighted by molar-refractivity contribution is 6.35. The number of hydrogen-bond donors (Lipinski definition) is 2. The summed E-state index contributed by atoms with van der Waals surface area (Å²) in [5, 5.41) is 12.4. The maximum atomic E-state index is 6.52. The van der Waals surface area contributed by atoms with Gasteiger partial charge in [-0.1, -0.05) is 53.2 Å². The monoisotopic (exact) mass is 426 g/mol. The molecule has 0 saturated heterocycles. The molecule has 0 aliphatic heterocycles. The third-order valence-corrected chi connectivity index (χ3v) is 5.40. The standard InChI is InChI=1S/C25H19ClN4O/c1-16-7-2-3-10-21(16)29-25-19-12-13-20(26)23(24(19)31-30-25)28-18-9-6-8-17(15-18)22-11-4-5-14-27-22/h2-15,28H,1H3,(H,29,30). The molecular formula is C25H19ClN4O. The quantitative estimate of drug-likeness (QED) is 0.308. The van der Waals surface area contributed by atoms with E-state index in [-0.39, 0.29) is 0 Å². The Morgan fingerprint density at radius 1 is 0.871 bits per heavy atom. The van der Waals surface area contributed by atoms with Gasteiger partial charge in [-0.2, -0.15) is 0 Å². The number of nitrogens with one attached hydrogen (secondary N) is 2. The second-order valence-electron chi connectivity index (χ2n) is 7.19. The fourth-order valence-electron chi connectivity index (χ4n) is 3.46. The number of aromatic nitrogens is 2. The van der Waals surface area contributed by atoms with Crippen molar-refractivity contribution in [2.24, 2.45) is 0 Å². The average Bonchev–Trinajstić information content (AvgIpc) is 3.21. The first-order valence-corrected chi connectivity index (χ1v) is 10.3. The summed E-state index contributed by atoms with van der Waals surface area (Å²) in [6, 6.07) is 25.6. The van der Waals surface area contributed by atoms with Crippen LogP contribution < -0.4 is 10.6 Å². The molecule has 6 heteroatoms. The van der Waals surface area contributed by atoms with E-state index in [9.17, 15) is 0 Å². The van der Waals surface area contributed by atoms with Crippen LogP contribution >= 0.6 is 11.6 Å². The van der Waals surface area contributed by atoms with Crippen LogP contribution in [-0.2, 0) is 0 Å². The Bertz CT molecular complexity index is 1360. The number of nitrogens with zero attached hydrogens (tertiary/aromatic N) is 2. The number of anilines is 4. The Morgan fingerprint density at radius 2 is 1.74 bits per heavy atom. The summed E-state index contributed by atoms with van der Waals surface area (Å²) in [6.45, 7) is 2.04. The molecule has 0 radical (unpaired) electrons. The van der Waals surface area contributed by atoms with Crippen molar-refractivity contribution < 1.29 is 4.52 Å². The third kappa shape index (κ3) is 3.83. The largest absolute Gasteiger partial charge is 0.352 e. The van der Waals surface area contributed by atoms with Crippen LogP contribution in [0.25, 0.3) is 22.2 Å². The highest BCUT2D eigenvalue weighted by Crippen LogP contribution is 2.38. The van der Waals surface area contributed by atoms with E-state index in [1.54, 1.807) is 6.20 Å². The van der Waals surface area contributed by atoms with Gasteiger partial charge in [0.25, 0.3) is 0 Å². The van der Waals surface area contributed by atoms with Crippen LogP contribution in [0.2, 0.25) is 5.02 Å². The number of rotatable bonds is 5. The predicted molar refractivity (Wildman–Crippen MR) is 126 cm³/mol. The Balaban J connectivity index is 1.50.